The highest BCUT2D eigenvalue weighted by Gasteiger charge is 2.19. The molecule has 1 atom stereocenters. The minimum Gasteiger partial charge on any atom is -0.493 e. The van der Waals surface area contributed by atoms with Gasteiger partial charge in [0.25, 0.3) is 0 Å². The van der Waals surface area contributed by atoms with Crippen LogP contribution in [-0.4, -0.2) is 14.2 Å². The molecular weight excluding hydrogens is 487 g/mol. The van der Waals surface area contributed by atoms with Crippen molar-refractivity contribution in [2.45, 2.75) is 4.83 Å². The number of hydrogen-bond acceptors (Lipinski definition) is 2. The molecule has 0 saturated heterocycles. The number of hydrogen-bond donors (Lipinski definition) is 0. The van der Waals surface area contributed by atoms with Gasteiger partial charge in [-0.1, -0.05) is 65.5 Å². The van der Waals surface area contributed by atoms with Crippen molar-refractivity contribution >= 4 is 59.4 Å². The lowest BCUT2D eigenvalue weighted by Crippen LogP contribution is -1.98. The Kier molecular flexibility index (Phi) is 6.00. The molecule has 112 valence electrons. The Morgan fingerprint density at radius 2 is 1.57 bits per heavy atom. The van der Waals surface area contributed by atoms with Crippen LogP contribution in [0.25, 0.3) is 0 Å². The molecule has 0 radical (unpaired) electrons. The second-order valence-electron chi connectivity index (χ2n) is 4.26. The first-order valence-electron chi connectivity index (χ1n) is 5.98. The number of ether oxygens (including phenoxy) is 2. The van der Waals surface area contributed by atoms with Crippen LogP contribution in [0.4, 0.5) is 0 Å². The molecule has 2 aromatic carbocycles. The zero-order chi connectivity index (χ0) is 15.6. The van der Waals surface area contributed by atoms with Crippen molar-refractivity contribution in [2.24, 2.45) is 0 Å². The van der Waals surface area contributed by atoms with E-state index in [0.29, 0.717) is 16.5 Å². The molecule has 0 saturated carbocycles. The van der Waals surface area contributed by atoms with Crippen LogP contribution in [0.3, 0.4) is 0 Å². The van der Waals surface area contributed by atoms with Crippen molar-refractivity contribution < 1.29 is 9.47 Å². The average Bonchev–Trinajstić information content (AvgIpc) is 2.46. The van der Waals surface area contributed by atoms with E-state index in [1.807, 2.05) is 24.3 Å². The van der Waals surface area contributed by atoms with E-state index < -0.39 is 0 Å². The van der Waals surface area contributed by atoms with E-state index in [1.54, 1.807) is 20.3 Å². The molecule has 0 amide bonds. The normalized spacial score (nSPS) is 12.1. The number of rotatable bonds is 4. The summed E-state index contributed by atoms with van der Waals surface area (Å²) >= 11 is 17.1. The molecule has 0 aromatic heterocycles. The van der Waals surface area contributed by atoms with E-state index in [1.165, 1.54) is 0 Å². The molecule has 0 aliphatic heterocycles. The van der Waals surface area contributed by atoms with Gasteiger partial charge in [-0.2, -0.15) is 0 Å². The molecule has 1 unspecified atom stereocenters. The van der Waals surface area contributed by atoms with Gasteiger partial charge >= 0.3 is 0 Å². The van der Waals surface area contributed by atoms with E-state index in [0.717, 1.165) is 20.1 Å². The Labute approximate surface area is 154 Å². The van der Waals surface area contributed by atoms with Crippen LogP contribution in [-0.2, 0) is 0 Å². The zero-order valence-corrected chi connectivity index (χ0v) is 16.8. The molecule has 0 fully saturated rings. The summed E-state index contributed by atoms with van der Waals surface area (Å²) < 4.78 is 12.6. The maximum absolute atomic E-state index is 6.38. The maximum atomic E-state index is 6.38. The topological polar surface area (TPSA) is 18.5 Å². The van der Waals surface area contributed by atoms with Crippen LogP contribution in [0.1, 0.15) is 16.0 Å². The van der Waals surface area contributed by atoms with Gasteiger partial charge in [0.15, 0.2) is 11.5 Å². The summed E-state index contributed by atoms with van der Waals surface area (Å²) in [5.74, 6) is 1.26. The third kappa shape index (κ3) is 3.76. The summed E-state index contributed by atoms with van der Waals surface area (Å²) in [4.78, 5) is -0.0627. The first-order valence-corrected chi connectivity index (χ1v) is 8.86. The molecule has 2 rings (SSSR count). The van der Waals surface area contributed by atoms with Crippen LogP contribution < -0.4 is 9.47 Å². The van der Waals surface area contributed by atoms with E-state index >= 15 is 0 Å². The lowest BCUT2D eigenvalue weighted by atomic mass is 10.0. The molecule has 0 aliphatic carbocycles. The molecule has 0 aliphatic rings. The first-order chi connectivity index (χ1) is 9.97. The van der Waals surface area contributed by atoms with Gasteiger partial charge in [0.1, 0.15) is 0 Å². The highest BCUT2D eigenvalue weighted by Crippen LogP contribution is 2.43. The lowest BCUT2D eigenvalue weighted by Gasteiger charge is -2.17. The minimum atomic E-state index is -0.0627. The maximum Gasteiger partial charge on any atom is 0.162 e. The summed E-state index contributed by atoms with van der Waals surface area (Å²) in [5, 5.41) is 0.615. The number of benzene rings is 2. The molecular formula is C15H12Br3ClO2. The Morgan fingerprint density at radius 1 is 0.952 bits per heavy atom. The van der Waals surface area contributed by atoms with Gasteiger partial charge in [-0.3, -0.25) is 0 Å². The molecule has 0 bridgehead atoms. The second-order valence-corrected chi connectivity index (χ2v) is 7.35. The fourth-order valence-corrected chi connectivity index (χ4v) is 4.69. The smallest absolute Gasteiger partial charge is 0.162 e. The molecule has 0 N–H and O–H groups in total. The molecule has 2 nitrogen and oxygen atoms in total. The van der Waals surface area contributed by atoms with E-state index in [2.05, 4.69) is 47.8 Å². The third-order valence-electron chi connectivity index (χ3n) is 3.01. The van der Waals surface area contributed by atoms with Crippen molar-refractivity contribution in [1.29, 1.82) is 0 Å². The van der Waals surface area contributed by atoms with Gasteiger partial charge in [-0.05, 0) is 29.3 Å². The van der Waals surface area contributed by atoms with Gasteiger partial charge in [0.2, 0.25) is 0 Å². The SMILES string of the molecule is COc1cc(Cl)c(C(Br)c2ccc(Br)cc2Br)cc1OC. The predicted molar refractivity (Wildman–Crippen MR) is 97.2 cm³/mol. The Morgan fingerprint density at radius 3 is 2.14 bits per heavy atom. The fraction of sp³-hybridized carbons (Fsp3) is 0.200. The van der Waals surface area contributed by atoms with Gasteiger partial charge in [-0.15, -0.1) is 0 Å². The standard InChI is InChI=1S/C15H12Br3ClO2/c1-20-13-6-10(12(19)7-14(13)21-2)15(18)9-4-3-8(16)5-11(9)17/h3-7,15H,1-2H3. The van der Waals surface area contributed by atoms with Crippen molar-refractivity contribution in [3.63, 3.8) is 0 Å². The quantitative estimate of drug-likeness (QED) is 0.456. The van der Waals surface area contributed by atoms with Crippen LogP contribution in [0, 0.1) is 0 Å². The van der Waals surface area contributed by atoms with Gasteiger partial charge in [0.05, 0.1) is 19.0 Å². The second kappa shape index (κ2) is 7.36. The molecule has 0 heterocycles. The Hall–Kier alpha value is -0.230. The van der Waals surface area contributed by atoms with E-state index in [9.17, 15) is 0 Å². The van der Waals surface area contributed by atoms with E-state index in [-0.39, 0.29) is 4.83 Å². The highest BCUT2D eigenvalue weighted by molar-refractivity contribution is 9.11. The fourth-order valence-electron chi connectivity index (χ4n) is 1.94. The van der Waals surface area contributed by atoms with Crippen molar-refractivity contribution in [1.82, 2.24) is 0 Å². The molecule has 2 aromatic rings. The van der Waals surface area contributed by atoms with Crippen LogP contribution >= 0.6 is 59.4 Å². The van der Waals surface area contributed by atoms with Gasteiger partial charge in [-0.25, -0.2) is 0 Å². The summed E-state index contributed by atoms with van der Waals surface area (Å²) in [6, 6.07) is 9.66. The van der Waals surface area contributed by atoms with Gasteiger partial charge < -0.3 is 9.47 Å². The highest BCUT2D eigenvalue weighted by atomic mass is 79.9. The first kappa shape index (κ1) is 17.1. The van der Waals surface area contributed by atoms with Crippen LogP contribution in [0.5, 0.6) is 11.5 Å². The monoisotopic (exact) mass is 496 g/mol. The average molecular weight is 499 g/mol. The summed E-state index contributed by atoms with van der Waals surface area (Å²) in [7, 11) is 3.19. The van der Waals surface area contributed by atoms with Crippen LogP contribution in [0.15, 0.2) is 39.3 Å². The summed E-state index contributed by atoms with van der Waals surface area (Å²) in [6.45, 7) is 0. The van der Waals surface area contributed by atoms with Crippen LogP contribution in [0.2, 0.25) is 5.02 Å². The largest absolute Gasteiger partial charge is 0.493 e. The minimum absolute atomic E-state index is 0.0627. The van der Waals surface area contributed by atoms with Crippen molar-refractivity contribution in [3.05, 3.63) is 55.4 Å². The predicted octanol–water partition coefficient (Wildman–Crippen LogP) is 6.37. The summed E-state index contributed by atoms with van der Waals surface area (Å²) in [6.07, 6.45) is 0. The Bertz CT molecular complexity index is 662. The molecule has 6 heteroatoms. The summed E-state index contributed by atoms with van der Waals surface area (Å²) in [5.41, 5.74) is 1.99. The molecule has 0 spiro atoms. The zero-order valence-electron chi connectivity index (χ0n) is 11.3. The van der Waals surface area contributed by atoms with Crippen molar-refractivity contribution in [2.75, 3.05) is 14.2 Å². The number of halogens is 4. The molecule has 21 heavy (non-hydrogen) atoms. The number of alkyl halides is 1. The number of methoxy groups -OCH3 is 2. The Balaban J connectivity index is 2.50. The lowest BCUT2D eigenvalue weighted by molar-refractivity contribution is 0.354. The van der Waals surface area contributed by atoms with Crippen molar-refractivity contribution in [3.8, 4) is 11.5 Å². The third-order valence-corrected chi connectivity index (χ3v) is 5.51. The van der Waals surface area contributed by atoms with Gasteiger partial charge in [0, 0.05) is 20.0 Å². The van der Waals surface area contributed by atoms with E-state index in [4.69, 9.17) is 21.1 Å².